The summed E-state index contributed by atoms with van der Waals surface area (Å²) in [5, 5.41) is 0. The van der Waals surface area contributed by atoms with Gasteiger partial charge in [0.1, 0.15) is 0 Å². The first kappa shape index (κ1) is 27.7. The number of unbranched alkanes of at least 4 members (excludes halogenated alkanes) is 8. The Morgan fingerprint density at radius 1 is 0.686 bits per heavy atom. The SMILES string of the molecule is CCCCCCCCOc1ccc(-c2ccc(C3CCC(CCCCCC)CC3)cc2)c(F)c1F. The van der Waals surface area contributed by atoms with E-state index >= 15 is 0 Å². The van der Waals surface area contributed by atoms with E-state index in [1.165, 1.54) is 89.0 Å². The standard InChI is InChI=1S/C32H46F2O/c1-3-5-7-9-10-12-24-35-30-23-22-29(31(33)32(30)34)28-20-18-27(19-21-28)26-16-14-25(15-17-26)13-11-8-6-4-2/h18-23,25-26H,3-17,24H2,1-2H3. The fourth-order valence-electron chi connectivity index (χ4n) is 5.51. The zero-order valence-corrected chi connectivity index (χ0v) is 22.1. The Balaban J connectivity index is 1.49. The van der Waals surface area contributed by atoms with Gasteiger partial charge in [0.25, 0.3) is 0 Å². The molecule has 35 heavy (non-hydrogen) atoms. The molecule has 2 aromatic carbocycles. The Labute approximate surface area is 212 Å². The molecule has 1 aliphatic carbocycles. The van der Waals surface area contributed by atoms with Crippen molar-refractivity contribution in [2.75, 3.05) is 6.61 Å². The lowest BCUT2D eigenvalue weighted by atomic mass is 9.77. The summed E-state index contributed by atoms with van der Waals surface area (Å²) in [6.07, 6.45) is 18.7. The van der Waals surface area contributed by atoms with Crippen molar-refractivity contribution in [1.29, 1.82) is 0 Å². The minimum atomic E-state index is -0.880. The van der Waals surface area contributed by atoms with Gasteiger partial charge < -0.3 is 4.74 Å². The van der Waals surface area contributed by atoms with Gasteiger partial charge in [0.2, 0.25) is 5.82 Å². The molecule has 0 heterocycles. The maximum absolute atomic E-state index is 14.9. The van der Waals surface area contributed by atoms with Gasteiger partial charge in [-0.25, -0.2) is 4.39 Å². The van der Waals surface area contributed by atoms with Crippen molar-refractivity contribution in [1.82, 2.24) is 0 Å². The number of halogens is 2. The van der Waals surface area contributed by atoms with Crippen LogP contribution in [-0.4, -0.2) is 6.61 Å². The van der Waals surface area contributed by atoms with Gasteiger partial charge in [0.15, 0.2) is 11.6 Å². The molecule has 0 unspecified atom stereocenters. The van der Waals surface area contributed by atoms with E-state index in [0.29, 0.717) is 18.1 Å². The highest BCUT2D eigenvalue weighted by molar-refractivity contribution is 5.65. The molecule has 0 aromatic heterocycles. The number of benzene rings is 2. The summed E-state index contributed by atoms with van der Waals surface area (Å²) < 4.78 is 35.1. The third kappa shape index (κ3) is 8.62. The van der Waals surface area contributed by atoms with Crippen molar-refractivity contribution in [2.24, 2.45) is 5.92 Å². The van der Waals surface area contributed by atoms with Gasteiger partial charge in [-0.2, -0.15) is 4.39 Å². The largest absolute Gasteiger partial charge is 0.490 e. The fraction of sp³-hybridized carbons (Fsp3) is 0.625. The lowest BCUT2D eigenvalue weighted by Crippen LogP contribution is -2.13. The molecule has 0 radical (unpaired) electrons. The van der Waals surface area contributed by atoms with Crippen molar-refractivity contribution < 1.29 is 13.5 Å². The third-order valence-electron chi connectivity index (χ3n) is 7.81. The first-order valence-electron chi connectivity index (χ1n) is 14.3. The predicted octanol–water partition coefficient (Wildman–Crippen LogP) is 10.6. The Morgan fingerprint density at radius 3 is 2.00 bits per heavy atom. The summed E-state index contributed by atoms with van der Waals surface area (Å²) >= 11 is 0. The van der Waals surface area contributed by atoms with Crippen LogP contribution in [-0.2, 0) is 0 Å². The van der Waals surface area contributed by atoms with Gasteiger partial charge in [0, 0.05) is 5.56 Å². The van der Waals surface area contributed by atoms with E-state index in [2.05, 4.69) is 26.0 Å². The highest BCUT2D eigenvalue weighted by Gasteiger charge is 2.22. The molecule has 0 atom stereocenters. The first-order chi connectivity index (χ1) is 17.1. The van der Waals surface area contributed by atoms with Crippen molar-refractivity contribution in [3.8, 4) is 16.9 Å². The van der Waals surface area contributed by atoms with E-state index in [0.717, 1.165) is 24.3 Å². The summed E-state index contributed by atoms with van der Waals surface area (Å²) in [7, 11) is 0. The molecule has 0 spiro atoms. The first-order valence-corrected chi connectivity index (χ1v) is 14.3. The summed E-state index contributed by atoms with van der Waals surface area (Å²) in [6.45, 7) is 4.89. The maximum atomic E-state index is 14.9. The van der Waals surface area contributed by atoms with Crippen LogP contribution in [0.1, 0.15) is 122 Å². The van der Waals surface area contributed by atoms with Crippen LogP contribution in [0.5, 0.6) is 5.75 Å². The van der Waals surface area contributed by atoms with E-state index < -0.39 is 11.6 Å². The monoisotopic (exact) mass is 484 g/mol. The van der Waals surface area contributed by atoms with E-state index in [4.69, 9.17) is 4.74 Å². The molecule has 0 bridgehead atoms. The summed E-state index contributed by atoms with van der Waals surface area (Å²) in [6, 6.07) is 11.3. The normalized spacial score (nSPS) is 18.1. The smallest absolute Gasteiger partial charge is 0.201 e. The molecule has 1 nitrogen and oxygen atoms in total. The Morgan fingerprint density at radius 2 is 1.31 bits per heavy atom. The second kappa shape index (κ2) is 15.3. The Bertz CT molecular complexity index is 853. The van der Waals surface area contributed by atoms with Crippen molar-refractivity contribution in [3.63, 3.8) is 0 Å². The van der Waals surface area contributed by atoms with E-state index in [9.17, 15) is 8.78 Å². The number of ether oxygens (including phenoxy) is 1. The zero-order chi connectivity index (χ0) is 24.9. The average Bonchev–Trinajstić information content (AvgIpc) is 2.89. The van der Waals surface area contributed by atoms with Crippen molar-refractivity contribution in [2.45, 2.75) is 116 Å². The van der Waals surface area contributed by atoms with Gasteiger partial charge in [-0.1, -0.05) is 102 Å². The second-order valence-corrected chi connectivity index (χ2v) is 10.5. The van der Waals surface area contributed by atoms with Gasteiger partial charge in [-0.05, 0) is 67.2 Å². The quantitative estimate of drug-likeness (QED) is 0.228. The molecule has 3 heteroatoms. The summed E-state index contributed by atoms with van der Waals surface area (Å²) in [4.78, 5) is 0. The average molecular weight is 485 g/mol. The molecule has 0 aliphatic heterocycles. The molecule has 1 aliphatic rings. The predicted molar refractivity (Wildman–Crippen MR) is 144 cm³/mol. The van der Waals surface area contributed by atoms with Crippen LogP contribution in [0.15, 0.2) is 36.4 Å². The minimum absolute atomic E-state index is 0.0166. The maximum Gasteiger partial charge on any atom is 0.201 e. The molecule has 194 valence electrons. The summed E-state index contributed by atoms with van der Waals surface area (Å²) in [5.74, 6) is -0.198. The molecular formula is C32H46F2O. The van der Waals surface area contributed by atoms with E-state index in [1.54, 1.807) is 12.1 Å². The lowest BCUT2D eigenvalue weighted by molar-refractivity contribution is 0.285. The van der Waals surface area contributed by atoms with Crippen LogP contribution in [0.4, 0.5) is 8.78 Å². The number of hydrogen-bond acceptors (Lipinski definition) is 1. The Hall–Kier alpha value is -1.90. The molecule has 0 amide bonds. The van der Waals surface area contributed by atoms with Gasteiger partial charge >= 0.3 is 0 Å². The van der Waals surface area contributed by atoms with Crippen molar-refractivity contribution in [3.05, 3.63) is 53.6 Å². The third-order valence-corrected chi connectivity index (χ3v) is 7.81. The molecule has 3 rings (SSSR count). The van der Waals surface area contributed by atoms with Gasteiger partial charge in [-0.15, -0.1) is 0 Å². The highest BCUT2D eigenvalue weighted by Crippen LogP contribution is 2.39. The van der Waals surface area contributed by atoms with E-state index in [1.807, 2.05) is 12.1 Å². The topological polar surface area (TPSA) is 9.23 Å². The molecule has 2 aromatic rings. The minimum Gasteiger partial charge on any atom is -0.490 e. The van der Waals surface area contributed by atoms with Crippen LogP contribution in [0.2, 0.25) is 0 Å². The van der Waals surface area contributed by atoms with Crippen LogP contribution >= 0.6 is 0 Å². The van der Waals surface area contributed by atoms with Crippen LogP contribution in [0, 0.1) is 17.6 Å². The van der Waals surface area contributed by atoms with Crippen LogP contribution in [0.3, 0.4) is 0 Å². The Kier molecular flexibility index (Phi) is 12.1. The van der Waals surface area contributed by atoms with Crippen LogP contribution < -0.4 is 4.74 Å². The number of rotatable bonds is 15. The molecular weight excluding hydrogens is 438 g/mol. The molecule has 0 saturated heterocycles. The van der Waals surface area contributed by atoms with Gasteiger partial charge in [-0.3, -0.25) is 0 Å². The molecule has 1 saturated carbocycles. The van der Waals surface area contributed by atoms with Crippen LogP contribution in [0.25, 0.3) is 11.1 Å². The molecule has 0 N–H and O–H groups in total. The van der Waals surface area contributed by atoms with Gasteiger partial charge in [0.05, 0.1) is 6.61 Å². The zero-order valence-electron chi connectivity index (χ0n) is 22.1. The van der Waals surface area contributed by atoms with E-state index in [-0.39, 0.29) is 5.75 Å². The fourth-order valence-corrected chi connectivity index (χ4v) is 5.51. The second-order valence-electron chi connectivity index (χ2n) is 10.5. The van der Waals surface area contributed by atoms with Crippen molar-refractivity contribution >= 4 is 0 Å². The molecule has 1 fully saturated rings. The highest BCUT2D eigenvalue weighted by atomic mass is 19.2. The summed E-state index contributed by atoms with van der Waals surface area (Å²) in [5.41, 5.74) is 2.35. The lowest BCUT2D eigenvalue weighted by Gasteiger charge is -2.29. The number of hydrogen-bond donors (Lipinski definition) is 0.